The number of rotatable bonds is 5. The zero-order valence-electron chi connectivity index (χ0n) is 6.47. The molecule has 13 heavy (non-hydrogen) atoms. The first-order chi connectivity index (χ1) is 5.86. The Hall–Kier alpha value is -0.970. The highest BCUT2D eigenvalue weighted by Crippen LogP contribution is 2.25. The number of ketones is 1. The van der Waals surface area contributed by atoms with Crippen molar-refractivity contribution < 1.29 is 23.5 Å². The number of Topliss-reactive ketones (excluding diaryl/α,β-unsaturated/α-hetero) is 1. The molecule has 1 unspecified atom stereocenters. The molecule has 1 atom stereocenters. The third kappa shape index (κ3) is 2.48. The summed E-state index contributed by atoms with van der Waals surface area (Å²) in [5.41, 5.74) is 0. The molecular formula is C7H7ClF2O3. The minimum Gasteiger partial charge on any atom is -0.480 e. The van der Waals surface area contributed by atoms with Crippen molar-refractivity contribution in [3.05, 3.63) is 12.7 Å². The lowest BCUT2D eigenvalue weighted by molar-refractivity contribution is -0.148. The van der Waals surface area contributed by atoms with Crippen LogP contribution in [0, 0.1) is 0 Å². The van der Waals surface area contributed by atoms with Crippen molar-refractivity contribution in [3.63, 3.8) is 0 Å². The number of halogens is 3. The molecule has 0 saturated carbocycles. The Morgan fingerprint density at radius 1 is 1.62 bits per heavy atom. The largest absolute Gasteiger partial charge is 0.480 e. The zero-order chi connectivity index (χ0) is 10.6. The predicted octanol–water partition coefficient (Wildman–Crippen LogP) is 1.46. The number of carboxylic acid groups (broad SMARTS) is 1. The van der Waals surface area contributed by atoms with E-state index in [4.69, 9.17) is 16.7 Å². The van der Waals surface area contributed by atoms with Gasteiger partial charge in [-0.3, -0.25) is 4.79 Å². The second kappa shape index (κ2) is 4.32. The molecule has 0 heterocycles. The fraction of sp³-hybridized carbons (Fsp3) is 0.429. The van der Waals surface area contributed by atoms with E-state index in [1.807, 2.05) is 0 Å². The number of alkyl halides is 3. The smallest absolute Gasteiger partial charge is 0.333 e. The van der Waals surface area contributed by atoms with Crippen molar-refractivity contribution >= 4 is 23.4 Å². The fourth-order valence-electron chi connectivity index (χ4n) is 0.665. The Morgan fingerprint density at radius 3 is 2.31 bits per heavy atom. The van der Waals surface area contributed by atoms with Crippen LogP contribution >= 0.6 is 11.6 Å². The van der Waals surface area contributed by atoms with Gasteiger partial charge in [-0.05, 0) is 0 Å². The Labute approximate surface area is 78.0 Å². The lowest BCUT2D eigenvalue weighted by Gasteiger charge is -2.17. The average molecular weight is 213 g/mol. The van der Waals surface area contributed by atoms with Crippen LogP contribution in [0.2, 0.25) is 0 Å². The van der Waals surface area contributed by atoms with E-state index in [2.05, 4.69) is 6.58 Å². The normalized spacial score (nSPS) is 15.1. The Bertz CT molecular complexity index is 242. The zero-order valence-corrected chi connectivity index (χ0v) is 7.22. The van der Waals surface area contributed by atoms with E-state index >= 15 is 0 Å². The molecule has 0 spiro atoms. The maximum Gasteiger partial charge on any atom is 0.333 e. The van der Waals surface area contributed by atoms with Crippen LogP contribution in [0.3, 0.4) is 0 Å². The summed E-state index contributed by atoms with van der Waals surface area (Å²) in [7, 11) is 0. The van der Waals surface area contributed by atoms with Gasteiger partial charge in [-0.1, -0.05) is 17.7 Å². The van der Waals surface area contributed by atoms with Gasteiger partial charge in [-0.15, -0.1) is 6.58 Å². The third-order valence-corrected chi connectivity index (χ3v) is 1.86. The molecule has 0 rings (SSSR count). The summed E-state index contributed by atoms with van der Waals surface area (Å²) >= 11 is 5.22. The summed E-state index contributed by atoms with van der Waals surface area (Å²) < 4.78 is 23.8. The van der Waals surface area contributed by atoms with Gasteiger partial charge in [0.05, 0.1) is 0 Å². The van der Waals surface area contributed by atoms with Crippen molar-refractivity contribution in [1.29, 1.82) is 0 Å². The monoisotopic (exact) mass is 212 g/mol. The molecule has 3 nitrogen and oxygen atoms in total. The van der Waals surface area contributed by atoms with E-state index in [-0.39, 0.29) is 0 Å². The van der Waals surface area contributed by atoms with Crippen molar-refractivity contribution in [2.24, 2.45) is 0 Å². The number of carboxylic acids is 1. The molecule has 0 aromatic heterocycles. The van der Waals surface area contributed by atoms with Gasteiger partial charge in [0.15, 0.2) is 0 Å². The van der Waals surface area contributed by atoms with Crippen molar-refractivity contribution in [2.75, 3.05) is 0 Å². The minimum absolute atomic E-state index is 0.535. The molecule has 0 aromatic rings. The van der Waals surface area contributed by atoms with Crippen LogP contribution in [0.1, 0.15) is 6.42 Å². The van der Waals surface area contributed by atoms with Crippen molar-refractivity contribution in [2.45, 2.75) is 17.7 Å². The van der Waals surface area contributed by atoms with E-state index in [9.17, 15) is 18.4 Å². The number of allylic oxidation sites excluding steroid dienone is 1. The van der Waals surface area contributed by atoms with E-state index in [0.717, 1.165) is 6.08 Å². The van der Waals surface area contributed by atoms with Crippen molar-refractivity contribution in [1.82, 2.24) is 0 Å². The molecule has 0 saturated heterocycles. The lowest BCUT2D eigenvalue weighted by atomic mass is 9.99. The molecule has 0 aliphatic heterocycles. The molecular weight excluding hydrogens is 206 g/mol. The van der Waals surface area contributed by atoms with Gasteiger partial charge in [0.2, 0.25) is 10.7 Å². The maximum atomic E-state index is 11.9. The van der Waals surface area contributed by atoms with Gasteiger partial charge in [0.25, 0.3) is 6.43 Å². The van der Waals surface area contributed by atoms with Crippen LogP contribution in [0.15, 0.2) is 12.7 Å². The summed E-state index contributed by atoms with van der Waals surface area (Å²) in [6.45, 7) is 3.12. The number of carbonyl (C=O) groups excluding carboxylic acids is 1. The molecule has 6 heteroatoms. The molecule has 0 bridgehead atoms. The van der Waals surface area contributed by atoms with Crippen molar-refractivity contribution in [3.8, 4) is 0 Å². The van der Waals surface area contributed by atoms with E-state index in [0.29, 0.717) is 0 Å². The van der Waals surface area contributed by atoms with E-state index in [1.165, 1.54) is 0 Å². The Kier molecular flexibility index (Phi) is 4.00. The summed E-state index contributed by atoms with van der Waals surface area (Å²) in [4.78, 5) is 18.5. The molecule has 0 radical (unpaired) electrons. The molecule has 0 aliphatic rings. The summed E-state index contributed by atoms with van der Waals surface area (Å²) in [6.07, 6.45) is -2.93. The van der Waals surface area contributed by atoms with Gasteiger partial charge < -0.3 is 5.11 Å². The molecule has 0 aromatic carbocycles. The highest BCUT2D eigenvalue weighted by atomic mass is 35.5. The second-order valence-corrected chi connectivity index (χ2v) is 2.91. The fourth-order valence-corrected chi connectivity index (χ4v) is 0.857. The van der Waals surface area contributed by atoms with Crippen LogP contribution in [-0.2, 0) is 9.59 Å². The van der Waals surface area contributed by atoms with Gasteiger partial charge >= 0.3 is 5.97 Å². The van der Waals surface area contributed by atoms with Gasteiger partial charge in [0, 0.05) is 6.42 Å². The van der Waals surface area contributed by atoms with Crippen LogP contribution in [0.25, 0.3) is 0 Å². The molecule has 0 aliphatic carbocycles. The van der Waals surface area contributed by atoms with Crippen LogP contribution in [0.4, 0.5) is 8.78 Å². The highest BCUT2D eigenvalue weighted by molar-refractivity contribution is 6.46. The first-order valence-electron chi connectivity index (χ1n) is 3.22. The Morgan fingerprint density at radius 2 is 2.08 bits per heavy atom. The van der Waals surface area contributed by atoms with Crippen LogP contribution in [0.5, 0.6) is 0 Å². The van der Waals surface area contributed by atoms with Crippen LogP contribution in [-0.4, -0.2) is 28.2 Å². The average Bonchev–Trinajstić information content (AvgIpc) is 2.02. The number of carbonyl (C=O) groups is 2. The number of hydrogen-bond donors (Lipinski definition) is 1. The predicted molar refractivity (Wildman–Crippen MR) is 42.0 cm³/mol. The lowest BCUT2D eigenvalue weighted by Crippen LogP contribution is -2.44. The van der Waals surface area contributed by atoms with E-state index < -0.39 is 29.5 Å². The summed E-state index contributed by atoms with van der Waals surface area (Å²) in [5.74, 6) is -3.61. The van der Waals surface area contributed by atoms with Gasteiger partial charge in [0.1, 0.15) is 0 Å². The van der Waals surface area contributed by atoms with Gasteiger partial charge in [-0.2, -0.15) is 0 Å². The van der Waals surface area contributed by atoms with E-state index in [1.54, 1.807) is 0 Å². The van der Waals surface area contributed by atoms with Crippen LogP contribution < -0.4 is 0 Å². The first-order valence-corrected chi connectivity index (χ1v) is 3.59. The summed E-state index contributed by atoms with van der Waals surface area (Å²) in [5, 5.41) is 8.45. The number of hydrogen-bond acceptors (Lipinski definition) is 2. The molecule has 74 valence electrons. The Balaban J connectivity index is 4.89. The molecule has 0 fully saturated rings. The molecule has 0 amide bonds. The SMILES string of the molecule is C=CCC(Cl)(C(=O)O)C(=O)C(F)F. The first kappa shape index (κ1) is 12.0. The maximum absolute atomic E-state index is 11.9. The number of aliphatic carboxylic acids is 1. The highest BCUT2D eigenvalue weighted by Gasteiger charge is 2.47. The second-order valence-electron chi connectivity index (χ2n) is 2.26. The third-order valence-electron chi connectivity index (χ3n) is 1.35. The summed E-state index contributed by atoms with van der Waals surface area (Å²) in [6, 6.07) is 0. The quantitative estimate of drug-likeness (QED) is 0.426. The van der Waals surface area contributed by atoms with Gasteiger partial charge in [-0.25, -0.2) is 13.6 Å². The minimum atomic E-state index is -3.39. The standard InChI is InChI=1S/C7H7ClF2O3/c1-2-3-7(8,6(12)13)4(11)5(9)10/h2,5H,1,3H2,(H,12,13). The topological polar surface area (TPSA) is 54.4 Å². The molecule has 1 N–H and O–H groups in total.